The van der Waals surface area contributed by atoms with Gasteiger partial charge in [-0.15, -0.1) is 0 Å². The zero-order valence-electron chi connectivity index (χ0n) is 14.0. The summed E-state index contributed by atoms with van der Waals surface area (Å²) in [6.45, 7) is 2.41. The average Bonchev–Trinajstić information content (AvgIpc) is 2.59. The smallest absolute Gasteiger partial charge is 0.319 e. The number of urea groups is 1. The third-order valence-electron chi connectivity index (χ3n) is 3.47. The maximum Gasteiger partial charge on any atom is 0.319 e. The Balaban J connectivity index is 2.05. The number of rotatable bonds is 5. The number of nitrogens with one attached hydrogen (secondary N) is 3. The third-order valence-corrected chi connectivity index (χ3v) is 3.47. The molecule has 3 amide bonds. The lowest BCUT2D eigenvalue weighted by atomic mass is 10.1. The summed E-state index contributed by atoms with van der Waals surface area (Å²) in [5.41, 5.74) is 3.01. The van der Waals surface area contributed by atoms with Gasteiger partial charge in [-0.3, -0.25) is 4.79 Å². The minimum absolute atomic E-state index is 0.235. The van der Waals surface area contributed by atoms with Crippen LogP contribution in [0.5, 0.6) is 5.75 Å². The second kappa shape index (κ2) is 8.01. The van der Waals surface area contributed by atoms with Crippen molar-refractivity contribution >= 4 is 17.6 Å². The molecule has 0 radical (unpaired) electrons. The Morgan fingerprint density at radius 3 is 2.58 bits per heavy atom. The highest BCUT2D eigenvalue weighted by Crippen LogP contribution is 2.25. The molecule has 0 aliphatic carbocycles. The van der Waals surface area contributed by atoms with Gasteiger partial charge in [0, 0.05) is 19.2 Å². The van der Waals surface area contributed by atoms with Crippen LogP contribution in [0.15, 0.2) is 42.5 Å². The predicted molar refractivity (Wildman–Crippen MR) is 93.4 cm³/mol. The van der Waals surface area contributed by atoms with Gasteiger partial charge in [-0.2, -0.15) is 0 Å². The Kier molecular flexibility index (Phi) is 5.78. The molecule has 0 spiro atoms. The van der Waals surface area contributed by atoms with E-state index in [0.29, 0.717) is 23.5 Å². The molecule has 0 aromatic heterocycles. The van der Waals surface area contributed by atoms with E-state index in [0.717, 1.165) is 11.1 Å². The summed E-state index contributed by atoms with van der Waals surface area (Å²) in [6, 6.07) is 12.4. The molecule has 0 unspecified atom stereocenters. The van der Waals surface area contributed by atoms with Gasteiger partial charge in [0.2, 0.25) is 0 Å². The first-order valence-corrected chi connectivity index (χ1v) is 7.54. The Morgan fingerprint density at radius 2 is 1.92 bits per heavy atom. The quantitative estimate of drug-likeness (QED) is 0.790. The second-order valence-corrected chi connectivity index (χ2v) is 5.29. The number of hydrogen-bond donors (Lipinski definition) is 3. The first kappa shape index (κ1) is 17.3. The van der Waals surface area contributed by atoms with E-state index >= 15 is 0 Å². The Hall–Kier alpha value is -3.02. The summed E-state index contributed by atoms with van der Waals surface area (Å²) in [4.78, 5) is 23.8. The van der Waals surface area contributed by atoms with Gasteiger partial charge in [-0.05, 0) is 30.7 Å². The molecule has 24 heavy (non-hydrogen) atoms. The van der Waals surface area contributed by atoms with E-state index in [9.17, 15) is 9.59 Å². The van der Waals surface area contributed by atoms with Crippen molar-refractivity contribution in [2.75, 3.05) is 19.5 Å². The maximum atomic E-state index is 12.1. The fourth-order valence-electron chi connectivity index (χ4n) is 2.26. The van der Waals surface area contributed by atoms with Crippen LogP contribution in [-0.2, 0) is 6.54 Å². The first-order chi connectivity index (χ1) is 11.5. The van der Waals surface area contributed by atoms with E-state index in [1.165, 1.54) is 7.11 Å². The van der Waals surface area contributed by atoms with Gasteiger partial charge in [0.1, 0.15) is 5.75 Å². The van der Waals surface area contributed by atoms with Crippen LogP contribution in [0.1, 0.15) is 21.5 Å². The van der Waals surface area contributed by atoms with Crippen LogP contribution in [0.25, 0.3) is 0 Å². The number of carbonyl (C=O) groups excluding carboxylic acids is 2. The molecule has 0 atom stereocenters. The molecule has 0 fully saturated rings. The zero-order chi connectivity index (χ0) is 17.5. The number of aryl methyl sites for hydroxylation is 1. The zero-order valence-corrected chi connectivity index (χ0v) is 14.0. The third kappa shape index (κ3) is 4.49. The number of ether oxygens (including phenoxy) is 1. The normalized spacial score (nSPS) is 9.96. The molecule has 2 rings (SSSR count). The number of hydrogen-bond acceptors (Lipinski definition) is 3. The summed E-state index contributed by atoms with van der Waals surface area (Å²) in [7, 11) is 3.05. The van der Waals surface area contributed by atoms with Crippen molar-refractivity contribution in [1.29, 1.82) is 0 Å². The monoisotopic (exact) mass is 327 g/mol. The van der Waals surface area contributed by atoms with E-state index in [4.69, 9.17) is 4.74 Å². The van der Waals surface area contributed by atoms with Crippen molar-refractivity contribution in [1.82, 2.24) is 10.6 Å². The van der Waals surface area contributed by atoms with Crippen LogP contribution in [0, 0.1) is 6.92 Å². The highest BCUT2D eigenvalue weighted by molar-refractivity contribution is 5.97. The number of methoxy groups -OCH3 is 1. The van der Waals surface area contributed by atoms with Gasteiger partial charge in [-0.1, -0.05) is 29.8 Å². The fraction of sp³-hybridized carbons (Fsp3) is 0.222. The van der Waals surface area contributed by atoms with Crippen molar-refractivity contribution in [2.45, 2.75) is 13.5 Å². The van der Waals surface area contributed by atoms with Crippen LogP contribution in [0.4, 0.5) is 10.5 Å². The summed E-state index contributed by atoms with van der Waals surface area (Å²) in [5, 5.41) is 8.04. The molecule has 0 aliphatic heterocycles. The van der Waals surface area contributed by atoms with Crippen molar-refractivity contribution in [3.63, 3.8) is 0 Å². The summed E-state index contributed by atoms with van der Waals surface area (Å²) < 4.78 is 5.22. The van der Waals surface area contributed by atoms with E-state index in [2.05, 4.69) is 16.0 Å². The van der Waals surface area contributed by atoms with Crippen LogP contribution >= 0.6 is 0 Å². The molecular formula is C18H21N3O3. The van der Waals surface area contributed by atoms with Gasteiger partial charge >= 0.3 is 6.03 Å². The number of anilines is 1. The van der Waals surface area contributed by atoms with E-state index in [1.54, 1.807) is 25.2 Å². The molecular weight excluding hydrogens is 306 g/mol. The Bertz CT molecular complexity index is 744. The van der Waals surface area contributed by atoms with Crippen molar-refractivity contribution in [2.24, 2.45) is 0 Å². The lowest BCUT2D eigenvalue weighted by Crippen LogP contribution is -2.28. The van der Waals surface area contributed by atoms with Crippen LogP contribution in [0.2, 0.25) is 0 Å². The topological polar surface area (TPSA) is 79.5 Å². The number of benzene rings is 2. The van der Waals surface area contributed by atoms with Crippen molar-refractivity contribution in [3.8, 4) is 5.75 Å². The lowest BCUT2D eigenvalue weighted by Gasteiger charge is -2.13. The standard InChI is InChI=1S/C18H21N3O3/c1-12-5-4-6-13(9-12)11-20-18(23)21-15-10-14(17(22)19-2)7-8-16(15)24-3/h4-10H,11H2,1-3H3,(H,19,22)(H2,20,21,23). The SMILES string of the molecule is CNC(=O)c1ccc(OC)c(NC(=O)NCc2cccc(C)c2)c1. The highest BCUT2D eigenvalue weighted by atomic mass is 16.5. The summed E-state index contributed by atoms with van der Waals surface area (Å²) in [5.74, 6) is 0.245. The van der Waals surface area contributed by atoms with Gasteiger partial charge in [0.05, 0.1) is 12.8 Å². The Morgan fingerprint density at radius 1 is 1.12 bits per heavy atom. The maximum absolute atomic E-state index is 12.1. The van der Waals surface area contributed by atoms with Crippen molar-refractivity contribution in [3.05, 3.63) is 59.2 Å². The number of carbonyl (C=O) groups is 2. The second-order valence-electron chi connectivity index (χ2n) is 5.29. The Labute approximate surface area is 141 Å². The average molecular weight is 327 g/mol. The number of amides is 3. The minimum Gasteiger partial charge on any atom is -0.495 e. The van der Waals surface area contributed by atoms with Gasteiger partial charge in [0.25, 0.3) is 5.91 Å². The summed E-state index contributed by atoms with van der Waals surface area (Å²) in [6.07, 6.45) is 0. The van der Waals surface area contributed by atoms with E-state index in [1.807, 2.05) is 31.2 Å². The molecule has 6 nitrogen and oxygen atoms in total. The first-order valence-electron chi connectivity index (χ1n) is 7.54. The van der Waals surface area contributed by atoms with Crippen LogP contribution in [0.3, 0.4) is 0 Å². The fourth-order valence-corrected chi connectivity index (χ4v) is 2.26. The van der Waals surface area contributed by atoms with Gasteiger partial charge in [0.15, 0.2) is 0 Å². The van der Waals surface area contributed by atoms with Crippen molar-refractivity contribution < 1.29 is 14.3 Å². The molecule has 0 saturated carbocycles. The lowest BCUT2D eigenvalue weighted by molar-refractivity contribution is 0.0963. The largest absolute Gasteiger partial charge is 0.495 e. The predicted octanol–water partition coefficient (Wildman–Crippen LogP) is 2.68. The van der Waals surface area contributed by atoms with E-state index in [-0.39, 0.29) is 11.9 Å². The van der Waals surface area contributed by atoms with Crippen LogP contribution in [-0.4, -0.2) is 26.1 Å². The molecule has 126 valence electrons. The van der Waals surface area contributed by atoms with Gasteiger partial charge < -0.3 is 20.7 Å². The molecule has 0 bridgehead atoms. The molecule has 0 aliphatic rings. The summed E-state index contributed by atoms with van der Waals surface area (Å²) >= 11 is 0. The molecule has 2 aromatic carbocycles. The minimum atomic E-state index is -0.371. The molecule has 6 heteroatoms. The molecule has 0 heterocycles. The molecule has 3 N–H and O–H groups in total. The van der Waals surface area contributed by atoms with E-state index < -0.39 is 0 Å². The van der Waals surface area contributed by atoms with Crippen LogP contribution < -0.4 is 20.7 Å². The highest BCUT2D eigenvalue weighted by Gasteiger charge is 2.11. The molecule has 2 aromatic rings. The molecule has 0 saturated heterocycles. The van der Waals surface area contributed by atoms with Gasteiger partial charge in [-0.25, -0.2) is 4.79 Å².